The molecule has 4 aromatic rings. The first kappa shape index (κ1) is 23.6. The van der Waals surface area contributed by atoms with Crippen LogP contribution in [-0.2, 0) is 13.0 Å². The van der Waals surface area contributed by atoms with Crippen molar-refractivity contribution in [3.8, 4) is 10.8 Å². The maximum Gasteiger partial charge on any atom is 0.295 e. The Bertz CT molecular complexity index is 1580. The number of amides is 2. The van der Waals surface area contributed by atoms with Crippen LogP contribution in [0.2, 0.25) is 4.34 Å². The Morgan fingerprint density at radius 1 is 1.22 bits per heavy atom. The molecule has 0 saturated carbocycles. The Balaban J connectivity index is 1.25. The van der Waals surface area contributed by atoms with Crippen LogP contribution in [0.4, 0.5) is 4.39 Å². The minimum absolute atomic E-state index is 0.0262. The smallest absolute Gasteiger partial charge is 0.295 e. The van der Waals surface area contributed by atoms with E-state index in [1.54, 1.807) is 35.4 Å². The fourth-order valence-corrected chi connectivity index (χ4v) is 5.71. The standard InChI is InChI=1S/C25H19ClFN7O2S/c1-13-11-33(12-21-30-31-22(34(13)21)24-28-10-20(26)37-24)25(36)17-8-14(6-7-18(17)27)9-19-15-4-2-3-5-16(15)23(35)32-29-19/h2-8,10,13,19H,9,11-12H2,1H3. The van der Waals surface area contributed by atoms with E-state index in [-0.39, 0.29) is 24.1 Å². The molecule has 9 nitrogen and oxygen atoms in total. The van der Waals surface area contributed by atoms with E-state index in [2.05, 4.69) is 25.4 Å². The summed E-state index contributed by atoms with van der Waals surface area (Å²) in [6.07, 6.45) is 1.94. The summed E-state index contributed by atoms with van der Waals surface area (Å²) in [4.78, 5) is 31.4. The number of halogens is 2. The van der Waals surface area contributed by atoms with Gasteiger partial charge in [-0.15, -0.1) is 15.3 Å². The normalized spacial score (nSPS) is 18.6. The van der Waals surface area contributed by atoms with Crippen LogP contribution in [0.25, 0.3) is 10.8 Å². The van der Waals surface area contributed by atoms with Gasteiger partial charge in [0, 0.05) is 18.5 Å². The molecule has 0 saturated heterocycles. The van der Waals surface area contributed by atoms with Gasteiger partial charge in [-0.3, -0.25) is 9.59 Å². The van der Waals surface area contributed by atoms with E-state index in [1.165, 1.54) is 17.4 Å². The number of nitrogens with zero attached hydrogens (tertiary/aromatic N) is 7. The summed E-state index contributed by atoms with van der Waals surface area (Å²) < 4.78 is 17.4. The van der Waals surface area contributed by atoms with Crippen molar-refractivity contribution in [3.63, 3.8) is 0 Å². The van der Waals surface area contributed by atoms with Crippen molar-refractivity contribution < 1.29 is 14.0 Å². The number of carbonyl (C=O) groups excluding carboxylic acids is 2. The second-order valence-electron chi connectivity index (χ2n) is 8.96. The van der Waals surface area contributed by atoms with Crippen molar-refractivity contribution in [2.45, 2.75) is 32.0 Å². The van der Waals surface area contributed by atoms with Crippen LogP contribution in [0.3, 0.4) is 0 Å². The second-order valence-corrected chi connectivity index (χ2v) is 10.6. The van der Waals surface area contributed by atoms with Crippen molar-refractivity contribution in [1.82, 2.24) is 24.6 Å². The minimum atomic E-state index is -0.604. The summed E-state index contributed by atoms with van der Waals surface area (Å²) >= 11 is 7.34. The molecule has 6 rings (SSSR count). The van der Waals surface area contributed by atoms with Gasteiger partial charge in [0.2, 0.25) is 0 Å². The molecule has 37 heavy (non-hydrogen) atoms. The summed E-state index contributed by atoms with van der Waals surface area (Å²) in [6.45, 7) is 2.49. The van der Waals surface area contributed by atoms with Gasteiger partial charge in [0.1, 0.15) is 16.2 Å². The van der Waals surface area contributed by atoms with E-state index in [0.717, 1.165) is 5.56 Å². The molecule has 2 aliphatic heterocycles. The third-order valence-electron chi connectivity index (χ3n) is 6.51. The van der Waals surface area contributed by atoms with Crippen LogP contribution in [-0.4, -0.2) is 43.0 Å². The summed E-state index contributed by atoms with van der Waals surface area (Å²) in [5.74, 6) is -0.225. The zero-order valence-electron chi connectivity index (χ0n) is 19.5. The fraction of sp³-hybridized carbons (Fsp3) is 0.240. The molecule has 2 aromatic carbocycles. The van der Waals surface area contributed by atoms with Crippen LogP contribution in [0.15, 0.2) is 58.9 Å². The number of benzene rings is 2. The maximum absolute atomic E-state index is 14.9. The minimum Gasteiger partial charge on any atom is -0.329 e. The zero-order chi connectivity index (χ0) is 25.7. The number of carbonyl (C=O) groups is 2. The molecule has 0 fully saturated rings. The van der Waals surface area contributed by atoms with Crippen molar-refractivity contribution in [1.29, 1.82) is 0 Å². The largest absolute Gasteiger partial charge is 0.329 e. The topological polar surface area (TPSA) is 106 Å². The lowest BCUT2D eigenvalue weighted by atomic mass is 9.93. The van der Waals surface area contributed by atoms with Gasteiger partial charge in [-0.05, 0) is 36.2 Å². The summed E-state index contributed by atoms with van der Waals surface area (Å²) in [5.41, 5.74) is 1.96. The lowest BCUT2D eigenvalue weighted by Crippen LogP contribution is -2.40. The number of thiazole rings is 1. The fourth-order valence-electron chi connectivity index (χ4n) is 4.82. The molecule has 2 aliphatic rings. The van der Waals surface area contributed by atoms with E-state index in [4.69, 9.17) is 11.6 Å². The number of rotatable bonds is 4. The van der Waals surface area contributed by atoms with Crippen LogP contribution < -0.4 is 0 Å². The lowest BCUT2D eigenvalue weighted by molar-refractivity contribution is 0.0677. The molecule has 0 radical (unpaired) electrons. The van der Waals surface area contributed by atoms with Crippen LogP contribution in [0.1, 0.15) is 56.7 Å². The molecule has 0 spiro atoms. The van der Waals surface area contributed by atoms with Gasteiger partial charge in [-0.25, -0.2) is 9.37 Å². The van der Waals surface area contributed by atoms with Crippen molar-refractivity contribution in [2.75, 3.05) is 6.54 Å². The number of hydrogen-bond donors (Lipinski definition) is 0. The van der Waals surface area contributed by atoms with E-state index < -0.39 is 17.8 Å². The SMILES string of the molecule is CC1CN(C(=O)c2cc(CC3N=NC(=O)c4ccccc43)ccc2F)Cc2nnc(-c3ncc(Cl)s3)n21. The highest BCUT2D eigenvalue weighted by atomic mass is 35.5. The van der Waals surface area contributed by atoms with Gasteiger partial charge >= 0.3 is 0 Å². The number of aromatic nitrogens is 4. The number of hydrogen-bond acceptors (Lipinski definition) is 7. The lowest BCUT2D eigenvalue weighted by Gasteiger charge is -2.32. The Morgan fingerprint density at radius 3 is 2.86 bits per heavy atom. The van der Waals surface area contributed by atoms with Crippen LogP contribution >= 0.6 is 22.9 Å². The Labute approximate surface area is 219 Å². The van der Waals surface area contributed by atoms with Gasteiger partial charge in [-0.1, -0.05) is 47.2 Å². The average Bonchev–Trinajstić information content (AvgIpc) is 3.53. The molecule has 2 amide bonds. The van der Waals surface area contributed by atoms with Gasteiger partial charge in [0.15, 0.2) is 16.7 Å². The van der Waals surface area contributed by atoms with E-state index in [1.807, 2.05) is 23.6 Å². The van der Waals surface area contributed by atoms with E-state index >= 15 is 0 Å². The molecule has 0 N–H and O–H groups in total. The summed E-state index contributed by atoms with van der Waals surface area (Å²) in [6, 6.07) is 11.1. The first-order chi connectivity index (χ1) is 17.9. The Morgan fingerprint density at radius 2 is 2.05 bits per heavy atom. The van der Waals surface area contributed by atoms with Crippen molar-refractivity contribution in [3.05, 3.63) is 86.9 Å². The van der Waals surface area contributed by atoms with Gasteiger partial charge in [0.25, 0.3) is 11.8 Å². The molecule has 2 aromatic heterocycles. The highest BCUT2D eigenvalue weighted by molar-refractivity contribution is 7.18. The molecule has 2 atom stereocenters. The van der Waals surface area contributed by atoms with Crippen molar-refractivity contribution >= 4 is 34.8 Å². The van der Waals surface area contributed by atoms with Crippen LogP contribution in [0.5, 0.6) is 0 Å². The molecule has 186 valence electrons. The first-order valence-electron chi connectivity index (χ1n) is 11.6. The summed E-state index contributed by atoms with van der Waals surface area (Å²) in [5, 5.41) is 17.1. The quantitative estimate of drug-likeness (QED) is 0.352. The number of fused-ring (bicyclic) bond motifs is 2. The monoisotopic (exact) mass is 535 g/mol. The average molecular weight is 536 g/mol. The third-order valence-corrected chi connectivity index (χ3v) is 7.62. The molecule has 0 bridgehead atoms. The van der Waals surface area contributed by atoms with Crippen LogP contribution in [0, 0.1) is 5.82 Å². The zero-order valence-corrected chi connectivity index (χ0v) is 21.1. The molecule has 4 heterocycles. The molecule has 12 heteroatoms. The van der Waals surface area contributed by atoms with E-state index in [9.17, 15) is 14.0 Å². The number of azo groups is 1. The van der Waals surface area contributed by atoms with Crippen molar-refractivity contribution in [2.24, 2.45) is 10.2 Å². The molecule has 0 aliphatic carbocycles. The molecular formula is C25H19ClFN7O2S. The van der Waals surface area contributed by atoms with Gasteiger partial charge < -0.3 is 9.47 Å². The second kappa shape index (κ2) is 9.24. The highest BCUT2D eigenvalue weighted by Crippen LogP contribution is 2.33. The molecular weight excluding hydrogens is 517 g/mol. The predicted octanol–water partition coefficient (Wildman–Crippen LogP) is 5.30. The Hall–Kier alpha value is -3.83. The summed E-state index contributed by atoms with van der Waals surface area (Å²) in [7, 11) is 0. The van der Waals surface area contributed by atoms with E-state index in [0.29, 0.717) is 45.1 Å². The third kappa shape index (κ3) is 4.23. The maximum atomic E-state index is 14.9. The molecule has 2 unspecified atom stereocenters. The predicted molar refractivity (Wildman–Crippen MR) is 134 cm³/mol. The first-order valence-corrected chi connectivity index (χ1v) is 12.8. The Kier molecular flexibility index (Phi) is 5.88. The van der Waals surface area contributed by atoms with Gasteiger partial charge in [-0.2, -0.15) is 5.11 Å². The van der Waals surface area contributed by atoms with Gasteiger partial charge in [0.05, 0.1) is 24.3 Å². The highest BCUT2D eigenvalue weighted by Gasteiger charge is 2.32.